The average molecular weight is 452 g/mol. The molecule has 0 radical (unpaired) electrons. The molecule has 0 aromatic carbocycles. The molecule has 0 aromatic heterocycles. The van der Waals surface area contributed by atoms with E-state index in [1.807, 2.05) is 21.1 Å². The van der Waals surface area contributed by atoms with E-state index in [0.717, 1.165) is 45.3 Å². The van der Waals surface area contributed by atoms with Crippen molar-refractivity contribution in [3.63, 3.8) is 0 Å². The van der Waals surface area contributed by atoms with E-state index in [1.165, 1.54) is 57.8 Å². The summed E-state index contributed by atoms with van der Waals surface area (Å²) in [6.07, 6.45) is 17.0. The fraction of sp³-hybridized carbons (Fsp3) is 1.00. The van der Waals surface area contributed by atoms with Crippen LogP contribution in [0, 0.1) is 0 Å². The van der Waals surface area contributed by atoms with E-state index >= 15 is 0 Å². The van der Waals surface area contributed by atoms with Crippen LogP contribution in [0.25, 0.3) is 0 Å². The predicted molar refractivity (Wildman–Crippen MR) is 124 cm³/mol. The predicted octanol–water partition coefficient (Wildman–Crippen LogP) is 5.69. The fourth-order valence-corrected chi connectivity index (χ4v) is 3.83. The van der Waals surface area contributed by atoms with Crippen LogP contribution in [-0.4, -0.2) is 58.6 Å². The molecule has 7 heteroatoms. The Bertz CT molecular complexity index is 415. The Morgan fingerprint density at radius 3 is 1.50 bits per heavy atom. The van der Waals surface area contributed by atoms with Crippen LogP contribution in [0.3, 0.4) is 0 Å². The Labute approximate surface area is 186 Å². The molecule has 0 spiro atoms. The second kappa shape index (κ2) is 19.7. The van der Waals surface area contributed by atoms with Gasteiger partial charge in [0, 0.05) is 13.2 Å². The molecule has 1 unspecified atom stereocenters. The summed E-state index contributed by atoms with van der Waals surface area (Å²) in [5.41, 5.74) is 0. The van der Waals surface area contributed by atoms with Gasteiger partial charge in [-0.25, -0.2) is 0 Å². The summed E-state index contributed by atoms with van der Waals surface area (Å²) in [4.78, 5) is 11.7. The van der Waals surface area contributed by atoms with Gasteiger partial charge in [-0.2, -0.15) is 0 Å². The number of hydrogen-bond donors (Lipinski definition) is 0. The van der Waals surface area contributed by atoms with E-state index < -0.39 is 7.82 Å². The Balaban J connectivity index is 3.26. The van der Waals surface area contributed by atoms with Crippen molar-refractivity contribution in [2.45, 2.75) is 96.8 Å². The number of phosphoric ester groups is 1. The zero-order valence-corrected chi connectivity index (χ0v) is 21.3. The normalized spacial score (nSPS) is 14.2. The highest BCUT2D eigenvalue weighted by atomic mass is 31.2. The molecule has 0 fully saturated rings. The van der Waals surface area contributed by atoms with Gasteiger partial charge >= 0.3 is 0 Å². The van der Waals surface area contributed by atoms with E-state index in [-0.39, 0.29) is 13.2 Å². The third kappa shape index (κ3) is 24.3. The lowest BCUT2D eigenvalue weighted by Crippen LogP contribution is -2.37. The van der Waals surface area contributed by atoms with E-state index in [9.17, 15) is 9.46 Å². The quantitative estimate of drug-likeness (QED) is 0.113. The molecule has 0 amide bonds. The lowest BCUT2D eigenvalue weighted by molar-refractivity contribution is -0.870. The summed E-state index contributed by atoms with van der Waals surface area (Å²) in [6, 6.07) is 0. The van der Waals surface area contributed by atoms with Gasteiger partial charge in [0.15, 0.2) is 0 Å². The molecule has 182 valence electrons. The monoisotopic (exact) mass is 451 g/mol. The van der Waals surface area contributed by atoms with Crippen molar-refractivity contribution in [3.05, 3.63) is 0 Å². The number of likely N-dealkylation sites (N-methyl/N-ethyl adjacent to an activating group) is 1. The SMILES string of the molecule is CCCCCCCCCCOCCCCCCCCOP(=O)([O-])OCC[N+](C)(C)C. The summed E-state index contributed by atoms with van der Waals surface area (Å²) in [5.74, 6) is 0. The third-order valence-corrected chi connectivity index (χ3v) is 6.08. The Morgan fingerprint density at radius 2 is 1.03 bits per heavy atom. The molecule has 0 aliphatic carbocycles. The number of ether oxygens (including phenoxy) is 1. The topological polar surface area (TPSA) is 67.8 Å². The molecule has 6 nitrogen and oxygen atoms in total. The third-order valence-electron chi connectivity index (χ3n) is 5.09. The van der Waals surface area contributed by atoms with Gasteiger partial charge in [-0.15, -0.1) is 0 Å². The second-order valence-electron chi connectivity index (χ2n) is 9.34. The Hall–Kier alpha value is 0.0300. The number of phosphoric acid groups is 1. The molecule has 0 saturated heterocycles. The zero-order chi connectivity index (χ0) is 22.6. The number of unbranched alkanes of at least 4 members (excludes halogenated alkanes) is 12. The summed E-state index contributed by atoms with van der Waals surface area (Å²) in [6.45, 7) is 5.02. The minimum atomic E-state index is -4.15. The fourth-order valence-electron chi connectivity index (χ4n) is 3.09. The zero-order valence-electron chi connectivity index (χ0n) is 20.4. The second-order valence-corrected chi connectivity index (χ2v) is 10.7. The van der Waals surface area contributed by atoms with Gasteiger partial charge in [0.25, 0.3) is 7.82 Å². The van der Waals surface area contributed by atoms with Gasteiger partial charge < -0.3 is 23.2 Å². The highest BCUT2D eigenvalue weighted by Gasteiger charge is 2.12. The maximum Gasteiger partial charge on any atom is 0.268 e. The van der Waals surface area contributed by atoms with Gasteiger partial charge in [-0.05, 0) is 19.3 Å². The first-order chi connectivity index (χ1) is 14.3. The average Bonchev–Trinajstić information content (AvgIpc) is 2.65. The summed E-state index contributed by atoms with van der Waals surface area (Å²) in [7, 11) is 1.82. The molecular formula is C23H50NO5P. The molecule has 0 N–H and O–H groups in total. The van der Waals surface area contributed by atoms with E-state index in [1.54, 1.807) is 0 Å². The smallest absolute Gasteiger partial charge is 0.268 e. The lowest BCUT2D eigenvalue weighted by atomic mass is 10.1. The van der Waals surface area contributed by atoms with Crippen LogP contribution in [0.1, 0.15) is 96.8 Å². The van der Waals surface area contributed by atoms with Crippen molar-refractivity contribution in [2.75, 3.05) is 54.1 Å². The van der Waals surface area contributed by atoms with Crippen molar-refractivity contribution in [3.8, 4) is 0 Å². The molecule has 0 aromatic rings. The number of hydrogen-bond acceptors (Lipinski definition) is 5. The molecule has 1 atom stereocenters. The van der Waals surface area contributed by atoms with Crippen molar-refractivity contribution >= 4 is 7.82 Å². The van der Waals surface area contributed by atoms with Crippen LogP contribution in [-0.2, 0) is 18.3 Å². The molecule has 0 heterocycles. The Kier molecular flexibility index (Phi) is 19.7. The van der Waals surface area contributed by atoms with E-state index in [4.69, 9.17) is 13.8 Å². The Morgan fingerprint density at radius 1 is 0.633 bits per heavy atom. The lowest BCUT2D eigenvalue weighted by Gasteiger charge is -2.27. The molecular weight excluding hydrogens is 401 g/mol. The minimum absolute atomic E-state index is 0.158. The molecule has 30 heavy (non-hydrogen) atoms. The van der Waals surface area contributed by atoms with Crippen LogP contribution >= 0.6 is 7.82 Å². The first kappa shape index (κ1) is 30.0. The number of nitrogens with zero attached hydrogens (tertiary/aromatic N) is 1. The van der Waals surface area contributed by atoms with Crippen molar-refractivity contribution < 1.29 is 27.7 Å². The summed E-state index contributed by atoms with van der Waals surface area (Å²) in [5, 5.41) is 0. The molecule has 0 aliphatic rings. The molecule has 0 bridgehead atoms. The van der Waals surface area contributed by atoms with E-state index in [0.29, 0.717) is 11.0 Å². The number of quaternary nitrogens is 1. The molecule has 0 aliphatic heterocycles. The first-order valence-electron chi connectivity index (χ1n) is 12.2. The van der Waals surface area contributed by atoms with Gasteiger partial charge in [0.1, 0.15) is 13.2 Å². The van der Waals surface area contributed by atoms with Gasteiger partial charge in [-0.3, -0.25) is 4.57 Å². The van der Waals surface area contributed by atoms with Crippen LogP contribution in [0.15, 0.2) is 0 Å². The van der Waals surface area contributed by atoms with Crippen molar-refractivity contribution in [1.82, 2.24) is 0 Å². The number of rotatable bonds is 23. The standard InChI is InChI=1S/C23H50NO5P/c1-5-6-7-8-9-10-13-16-20-27-21-17-14-11-12-15-18-22-28-30(25,26)29-23-19-24(2,3)4/h5-23H2,1-4H3. The van der Waals surface area contributed by atoms with Gasteiger partial charge in [0.2, 0.25) is 0 Å². The van der Waals surface area contributed by atoms with Crippen LogP contribution in [0.2, 0.25) is 0 Å². The molecule has 0 rings (SSSR count). The minimum Gasteiger partial charge on any atom is -0.756 e. The maximum atomic E-state index is 11.7. The van der Waals surface area contributed by atoms with Crippen LogP contribution in [0.5, 0.6) is 0 Å². The highest BCUT2D eigenvalue weighted by Crippen LogP contribution is 2.38. The largest absolute Gasteiger partial charge is 0.756 e. The summed E-state index contributed by atoms with van der Waals surface area (Å²) < 4.78 is 27.8. The highest BCUT2D eigenvalue weighted by molar-refractivity contribution is 7.45. The first-order valence-corrected chi connectivity index (χ1v) is 13.7. The molecule has 0 saturated carbocycles. The maximum absolute atomic E-state index is 11.7. The van der Waals surface area contributed by atoms with Gasteiger partial charge in [0.05, 0.1) is 27.7 Å². The summed E-state index contributed by atoms with van der Waals surface area (Å²) >= 11 is 0. The van der Waals surface area contributed by atoms with Crippen molar-refractivity contribution in [1.29, 1.82) is 0 Å². The van der Waals surface area contributed by atoms with Crippen LogP contribution in [0.4, 0.5) is 0 Å². The van der Waals surface area contributed by atoms with Gasteiger partial charge in [-0.1, -0.05) is 77.6 Å². The van der Waals surface area contributed by atoms with E-state index in [2.05, 4.69) is 6.92 Å². The van der Waals surface area contributed by atoms with Crippen molar-refractivity contribution in [2.24, 2.45) is 0 Å². The van der Waals surface area contributed by atoms with Crippen LogP contribution < -0.4 is 4.89 Å².